The summed E-state index contributed by atoms with van der Waals surface area (Å²) in [7, 11) is 0. The highest BCUT2D eigenvalue weighted by atomic mass is 16.6. The van der Waals surface area contributed by atoms with E-state index < -0.39 is 4.92 Å². The van der Waals surface area contributed by atoms with E-state index in [1.54, 1.807) is 4.57 Å². The Balaban J connectivity index is 2.46. The minimum atomic E-state index is -0.612. The molecule has 0 aliphatic carbocycles. The molecular formula is C8H9N5O3. The molecule has 0 atom stereocenters. The van der Waals surface area contributed by atoms with E-state index in [0.717, 1.165) is 0 Å². The first-order valence-corrected chi connectivity index (χ1v) is 4.56. The summed E-state index contributed by atoms with van der Waals surface area (Å²) in [6, 6.07) is 2.73. The Labute approximate surface area is 89.8 Å². The average Bonchev–Trinajstić information content (AvgIpc) is 2.83. The van der Waals surface area contributed by atoms with Crippen molar-refractivity contribution in [3.05, 3.63) is 22.2 Å². The molecule has 0 aliphatic heterocycles. The fourth-order valence-electron chi connectivity index (χ4n) is 1.36. The molecule has 84 valence electrons. The summed E-state index contributed by atoms with van der Waals surface area (Å²) in [5.41, 5.74) is 5.57. The van der Waals surface area contributed by atoms with Crippen LogP contribution < -0.4 is 5.73 Å². The van der Waals surface area contributed by atoms with E-state index in [1.807, 2.05) is 6.92 Å². The van der Waals surface area contributed by atoms with Crippen LogP contribution in [0.25, 0.3) is 11.6 Å². The molecule has 2 rings (SSSR count). The van der Waals surface area contributed by atoms with E-state index in [4.69, 9.17) is 10.2 Å². The number of nitro groups is 1. The van der Waals surface area contributed by atoms with Crippen molar-refractivity contribution >= 4 is 11.8 Å². The Morgan fingerprint density at radius 3 is 2.88 bits per heavy atom. The lowest BCUT2D eigenvalue weighted by Crippen LogP contribution is -2.02. The zero-order chi connectivity index (χ0) is 11.7. The molecule has 0 saturated carbocycles. The Morgan fingerprint density at radius 1 is 1.56 bits per heavy atom. The molecule has 8 heteroatoms. The molecule has 0 fully saturated rings. The summed E-state index contributed by atoms with van der Waals surface area (Å²) in [5.74, 6) is 0.571. The van der Waals surface area contributed by atoms with Gasteiger partial charge < -0.3 is 10.2 Å². The van der Waals surface area contributed by atoms with Gasteiger partial charge in [-0.1, -0.05) is 0 Å². The van der Waals surface area contributed by atoms with Crippen molar-refractivity contribution in [2.75, 3.05) is 5.73 Å². The highest BCUT2D eigenvalue weighted by Gasteiger charge is 2.18. The zero-order valence-corrected chi connectivity index (χ0v) is 8.45. The molecule has 2 heterocycles. The van der Waals surface area contributed by atoms with Gasteiger partial charge in [0.1, 0.15) is 4.92 Å². The molecule has 8 nitrogen and oxygen atoms in total. The van der Waals surface area contributed by atoms with E-state index in [2.05, 4.69) is 10.2 Å². The largest absolute Gasteiger partial charge is 0.433 e. The maximum absolute atomic E-state index is 10.4. The first-order valence-electron chi connectivity index (χ1n) is 4.56. The third-order valence-electron chi connectivity index (χ3n) is 2.09. The van der Waals surface area contributed by atoms with Crippen LogP contribution in [0.4, 0.5) is 11.8 Å². The van der Waals surface area contributed by atoms with Gasteiger partial charge in [-0.2, -0.15) is 0 Å². The minimum absolute atomic E-state index is 0.247. The maximum atomic E-state index is 10.4. The van der Waals surface area contributed by atoms with Gasteiger partial charge in [0.2, 0.25) is 11.8 Å². The quantitative estimate of drug-likeness (QED) is 0.614. The number of nitrogens with two attached hydrogens (primary N) is 1. The van der Waals surface area contributed by atoms with Crippen LogP contribution in [0, 0.1) is 10.1 Å². The van der Waals surface area contributed by atoms with E-state index in [1.165, 1.54) is 12.1 Å². The van der Waals surface area contributed by atoms with Gasteiger partial charge in [-0.3, -0.25) is 14.7 Å². The normalized spacial score (nSPS) is 10.6. The van der Waals surface area contributed by atoms with Gasteiger partial charge in [-0.05, 0) is 13.0 Å². The molecule has 0 spiro atoms. The zero-order valence-electron chi connectivity index (χ0n) is 8.45. The Hall–Kier alpha value is -2.38. The van der Waals surface area contributed by atoms with Crippen LogP contribution in [0.1, 0.15) is 6.92 Å². The van der Waals surface area contributed by atoms with Gasteiger partial charge in [0.15, 0.2) is 5.76 Å². The topological polar surface area (TPSA) is 113 Å². The monoisotopic (exact) mass is 223 g/mol. The molecule has 0 aliphatic rings. The van der Waals surface area contributed by atoms with Crippen LogP contribution in [-0.4, -0.2) is 19.7 Å². The Bertz CT molecular complexity index is 530. The number of hydrogen-bond donors (Lipinski definition) is 1. The highest BCUT2D eigenvalue weighted by Crippen LogP contribution is 2.25. The molecule has 0 unspecified atom stereocenters. The number of anilines is 1. The van der Waals surface area contributed by atoms with Crippen molar-refractivity contribution in [3.8, 4) is 11.6 Å². The number of nitrogens with zero attached hydrogens (tertiary/aromatic N) is 4. The van der Waals surface area contributed by atoms with E-state index in [0.29, 0.717) is 12.4 Å². The van der Waals surface area contributed by atoms with Crippen molar-refractivity contribution in [1.29, 1.82) is 0 Å². The lowest BCUT2D eigenvalue weighted by Gasteiger charge is -2.00. The second kappa shape index (κ2) is 3.65. The number of rotatable bonds is 3. The van der Waals surface area contributed by atoms with Crippen molar-refractivity contribution in [2.45, 2.75) is 13.5 Å². The third-order valence-corrected chi connectivity index (χ3v) is 2.09. The summed E-state index contributed by atoms with van der Waals surface area (Å²) in [6.07, 6.45) is 0. The smallest absolute Gasteiger partial charge is 0.397 e. The van der Waals surface area contributed by atoms with E-state index >= 15 is 0 Å². The van der Waals surface area contributed by atoms with E-state index in [-0.39, 0.29) is 17.6 Å². The molecule has 2 N–H and O–H groups in total. The van der Waals surface area contributed by atoms with Crippen molar-refractivity contribution in [3.63, 3.8) is 0 Å². The molecule has 0 radical (unpaired) electrons. The van der Waals surface area contributed by atoms with Crippen LogP contribution in [0.15, 0.2) is 16.5 Å². The lowest BCUT2D eigenvalue weighted by molar-refractivity contribution is -0.401. The molecular weight excluding hydrogens is 214 g/mol. The van der Waals surface area contributed by atoms with Gasteiger partial charge >= 0.3 is 5.88 Å². The maximum Gasteiger partial charge on any atom is 0.433 e. The summed E-state index contributed by atoms with van der Waals surface area (Å²) in [4.78, 5) is 9.84. The van der Waals surface area contributed by atoms with Crippen LogP contribution in [0.3, 0.4) is 0 Å². The first-order chi connectivity index (χ1) is 7.63. The van der Waals surface area contributed by atoms with Crippen molar-refractivity contribution in [2.24, 2.45) is 0 Å². The Morgan fingerprint density at radius 2 is 2.31 bits per heavy atom. The molecule has 0 amide bonds. The van der Waals surface area contributed by atoms with Crippen LogP contribution in [0.5, 0.6) is 0 Å². The van der Waals surface area contributed by atoms with Crippen LogP contribution >= 0.6 is 0 Å². The van der Waals surface area contributed by atoms with Crippen molar-refractivity contribution in [1.82, 2.24) is 14.8 Å². The molecule has 16 heavy (non-hydrogen) atoms. The predicted molar refractivity (Wildman–Crippen MR) is 54.5 cm³/mol. The average molecular weight is 223 g/mol. The van der Waals surface area contributed by atoms with Gasteiger partial charge in [0, 0.05) is 6.54 Å². The molecule has 0 saturated heterocycles. The minimum Gasteiger partial charge on any atom is -0.397 e. The molecule has 0 bridgehead atoms. The summed E-state index contributed by atoms with van der Waals surface area (Å²) < 4.78 is 6.61. The van der Waals surface area contributed by atoms with Gasteiger partial charge in [-0.25, -0.2) is 0 Å². The SMILES string of the molecule is CCn1c(N)nnc1-c1ccc([N+](=O)[O-])o1. The Kier molecular flexibility index (Phi) is 2.31. The molecule has 0 aromatic carbocycles. The van der Waals surface area contributed by atoms with Crippen molar-refractivity contribution < 1.29 is 9.34 Å². The number of hydrogen-bond acceptors (Lipinski definition) is 6. The highest BCUT2D eigenvalue weighted by molar-refractivity contribution is 5.51. The second-order valence-corrected chi connectivity index (χ2v) is 3.02. The van der Waals surface area contributed by atoms with Crippen LogP contribution in [0.2, 0.25) is 0 Å². The number of aromatic nitrogens is 3. The molecule has 2 aromatic heterocycles. The lowest BCUT2D eigenvalue weighted by atomic mass is 10.4. The van der Waals surface area contributed by atoms with E-state index in [9.17, 15) is 10.1 Å². The van der Waals surface area contributed by atoms with Gasteiger partial charge in [0.25, 0.3) is 0 Å². The summed E-state index contributed by atoms with van der Waals surface area (Å²) >= 11 is 0. The predicted octanol–water partition coefficient (Wildman–Crippen LogP) is 1.05. The summed E-state index contributed by atoms with van der Waals surface area (Å²) in [6.45, 7) is 2.42. The van der Waals surface area contributed by atoms with Gasteiger partial charge in [-0.15, -0.1) is 10.2 Å². The fraction of sp³-hybridized carbons (Fsp3) is 0.250. The number of furan rings is 1. The first kappa shape index (κ1) is 10.1. The number of nitrogen functional groups attached to an aromatic ring is 1. The third kappa shape index (κ3) is 1.49. The van der Waals surface area contributed by atoms with Gasteiger partial charge in [0.05, 0.1) is 6.07 Å². The standard InChI is InChI=1S/C8H9N5O3/c1-2-12-7(10-11-8(12)9)5-3-4-6(16-5)13(14)15/h3-4H,2H2,1H3,(H2,9,11). The molecule has 2 aromatic rings. The second-order valence-electron chi connectivity index (χ2n) is 3.02. The van der Waals surface area contributed by atoms with Crippen LogP contribution in [-0.2, 0) is 6.54 Å². The fourth-order valence-corrected chi connectivity index (χ4v) is 1.36. The summed E-state index contributed by atoms with van der Waals surface area (Å²) in [5, 5.41) is 17.9.